The molecule has 0 fully saturated rings. The van der Waals surface area contributed by atoms with Gasteiger partial charge < -0.3 is 15.0 Å². The van der Waals surface area contributed by atoms with Gasteiger partial charge in [0.2, 0.25) is 11.8 Å². The van der Waals surface area contributed by atoms with Crippen LogP contribution in [0.5, 0.6) is 5.75 Å². The monoisotopic (exact) mass is 537 g/mol. The van der Waals surface area contributed by atoms with Crippen molar-refractivity contribution >= 4 is 27.5 Å². The second-order valence-corrected chi connectivity index (χ2v) is 10.8. The largest absolute Gasteiger partial charge is 0.495 e. The van der Waals surface area contributed by atoms with Gasteiger partial charge in [-0.25, -0.2) is 8.42 Å². The minimum atomic E-state index is -4.17. The molecule has 3 aromatic rings. The van der Waals surface area contributed by atoms with Crippen LogP contribution in [0, 0.1) is 13.8 Å². The summed E-state index contributed by atoms with van der Waals surface area (Å²) in [6.07, 6.45) is 0.358. The quantitative estimate of drug-likeness (QED) is 0.398. The standard InChI is InChI=1S/C29H35N3O5S/c1-6-25(29(34)30-4)31(19-23-12-8-7-11-22(23)3)28(33)20-32(26-13-9-10-14-27(26)37-5)38(35,36)24-17-15-21(2)16-18-24/h7-18,25H,6,19-20H2,1-5H3,(H,30,34)/t25-/m1/s1. The van der Waals surface area contributed by atoms with Gasteiger partial charge in [-0.2, -0.15) is 0 Å². The lowest BCUT2D eigenvalue weighted by Crippen LogP contribution is -2.51. The Bertz CT molecular complexity index is 1370. The van der Waals surface area contributed by atoms with Crippen LogP contribution in [0.25, 0.3) is 0 Å². The molecule has 2 amide bonds. The number of anilines is 1. The van der Waals surface area contributed by atoms with E-state index in [0.717, 1.165) is 21.0 Å². The van der Waals surface area contributed by atoms with E-state index in [9.17, 15) is 18.0 Å². The average Bonchev–Trinajstić information content (AvgIpc) is 2.92. The van der Waals surface area contributed by atoms with Crippen LogP contribution in [0.1, 0.15) is 30.0 Å². The number of aryl methyl sites for hydroxylation is 2. The smallest absolute Gasteiger partial charge is 0.264 e. The number of amides is 2. The van der Waals surface area contributed by atoms with Gasteiger partial charge in [-0.15, -0.1) is 0 Å². The third-order valence-corrected chi connectivity index (χ3v) is 8.25. The molecule has 0 spiro atoms. The maximum absolute atomic E-state index is 14.0. The summed E-state index contributed by atoms with van der Waals surface area (Å²) >= 11 is 0. The van der Waals surface area contributed by atoms with Crippen LogP contribution in [0.2, 0.25) is 0 Å². The van der Waals surface area contributed by atoms with Gasteiger partial charge in [0.25, 0.3) is 10.0 Å². The number of methoxy groups -OCH3 is 1. The maximum atomic E-state index is 14.0. The third kappa shape index (κ3) is 6.34. The van der Waals surface area contributed by atoms with Gasteiger partial charge in [0.15, 0.2) is 0 Å². The minimum absolute atomic E-state index is 0.0469. The molecule has 0 aliphatic carbocycles. The molecule has 0 saturated heterocycles. The second-order valence-electron chi connectivity index (χ2n) is 8.98. The number of carbonyl (C=O) groups excluding carboxylic acids is 2. The Labute approximate surface area is 225 Å². The van der Waals surface area contributed by atoms with Crippen molar-refractivity contribution < 1.29 is 22.7 Å². The fourth-order valence-corrected chi connectivity index (χ4v) is 5.67. The Balaban J connectivity index is 2.11. The molecular weight excluding hydrogens is 502 g/mol. The number of sulfonamides is 1. The molecule has 0 radical (unpaired) electrons. The van der Waals surface area contributed by atoms with Crippen molar-refractivity contribution in [3.63, 3.8) is 0 Å². The fraction of sp³-hybridized carbons (Fsp3) is 0.310. The molecule has 3 rings (SSSR count). The van der Waals surface area contributed by atoms with Crippen LogP contribution in [0.15, 0.2) is 77.7 Å². The number of ether oxygens (including phenoxy) is 1. The molecule has 3 aromatic carbocycles. The molecule has 38 heavy (non-hydrogen) atoms. The molecule has 1 N–H and O–H groups in total. The molecule has 8 nitrogen and oxygen atoms in total. The van der Waals surface area contributed by atoms with Crippen LogP contribution in [0.3, 0.4) is 0 Å². The van der Waals surface area contributed by atoms with Crippen molar-refractivity contribution in [1.82, 2.24) is 10.2 Å². The number of nitrogens with one attached hydrogen (secondary N) is 1. The Morgan fingerprint density at radius 2 is 1.58 bits per heavy atom. The van der Waals surface area contributed by atoms with E-state index < -0.39 is 28.5 Å². The molecule has 202 valence electrons. The number of benzene rings is 3. The maximum Gasteiger partial charge on any atom is 0.264 e. The molecule has 0 heterocycles. The first-order valence-electron chi connectivity index (χ1n) is 12.4. The van der Waals surface area contributed by atoms with E-state index in [0.29, 0.717) is 12.2 Å². The van der Waals surface area contributed by atoms with Gasteiger partial charge in [-0.05, 0) is 55.7 Å². The van der Waals surface area contributed by atoms with E-state index in [1.54, 1.807) is 36.4 Å². The first-order valence-corrected chi connectivity index (χ1v) is 13.9. The molecule has 0 aliphatic heterocycles. The summed E-state index contributed by atoms with van der Waals surface area (Å²) in [7, 11) is -1.20. The Morgan fingerprint density at radius 3 is 2.18 bits per heavy atom. The van der Waals surface area contributed by atoms with Crippen molar-refractivity contribution in [2.45, 2.75) is 44.7 Å². The summed E-state index contributed by atoms with van der Waals surface area (Å²) in [6.45, 7) is 5.25. The highest BCUT2D eigenvalue weighted by atomic mass is 32.2. The van der Waals surface area contributed by atoms with Gasteiger partial charge in [-0.3, -0.25) is 13.9 Å². The topological polar surface area (TPSA) is 96.0 Å². The molecule has 9 heteroatoms. The first kappa shape index (κ1) is 28.7. The zero-order valence-electron chi connectivity index (χ0n) is 22.5. The second kappa shape index (κ2) is 12.6. The van der Waals surface area contributed by atoms with E-state index in [1.807, 2.05) is 45.0 Å². The number of hydrogen-bond donors (Lipinski definition) is 1. The minimum Gasteiger partial charge on any atom is -0.495 e. The predicted molar refractivity (Wildman–Crippen MR) is 149 cm³/mol. The molecule has 0 saturated carbocycles. The van der Waals surface area contributed by atoms with E-state index in [2.05, 4.69) is 5.32 Å². The van der Waals surface area contributed by atoms with Crippen molar-refractivity contribution in [1.29, 1.82) is 0 Å². The van der Waals surface area contributed by atoms with E-state index in [1.165, 1.54) is 31.2 Å². The predicted octanol–water partition coefficient (Wildman–Crippen LogP) is 4.06. The molecule has 0 aromatic heterocycles. The fourth-order valence-electron chi connectivity index (χ4n) is 4.24. The number of hydrogen-bond acceptors (Lipinski definition) is 5. The summed E-state index contributed by atoms with van der Waals surface area (Å²) in [6, 6.07) is 19.9. The SMILES string of the molecule is CC[C@H](C(=O)NC)N(Cc1ccccc1C)C(=O)CN(c1ccccc1OC)S(=O)(=O)c1ccc(C)cc1. The highest BCUT2D eigenvalue weighted by molar-refractivity contribution is 7.92. The zero-order chi connectivity index (χ0) is 27.9. The van der Waals surface area contributed by atoms with Gasteiger partial charge in [0.05, 0.1) is 17.7 Å². The van der Waals surface area contributed by atoms with E-state index in [-0.39, 0.29) is 23.0 Å². The molecule has 0 aliphatic rings. The van der Waals surface area contributed by atoms with E-state index in [4.69, 9.17) is 4.74 Å². The lowest BCUT2D eigenvalue weighted by Gasteiger charge is -2.33. The van der Waals surface area contributed by atoms with Crippen molar-refractivity contribution in [2.24, 2.45) is 0 Å². The molecule has 0 bridgehead atoms. The average molecular weight is 538 g/mol. The van der Waals surface area contributed by atoms with Gasteiger partial charge >= 0.3 is 0 Å². The van der Waals surface area contributed by atoms with Gasteiger partial charge in [0.1, 0.15) is 18.3 Å². The van der Waals surface area contributed by atoms with Crippen LogP contribution in [-0.4, -0.2) is 51.9 Å². The van der Waals surface area contributed by atoms with Crippen LogP contribution < -0.4 is 14.4 Å². The highest BCUT2D eigenvalue weighted by Gasteiger charge is 2.34. The van der Waals surface area contributed by atoms with Crippen molar-refractivity contribution in [3.05, 3.63) is 89.5 Å². The lowest BCUT2D eigenvalue weighted by molar-refractivity contribution is -0.140. The molecular formula is C29H35N3O5S. The summed E-state index contributed by atoms with van der Waals surface area (Å²) in [5.41, 5.74) is 2.97. The summed E-state index contributed by atoms with van der Waals surface area (Å²) in [4.78, 5) is 28.3. The summed E-state index contributed by atoms with van der Waals surface area (Å²) in [5, 5.41) is 2.63. The van der Waals surface area contributed by atoms with Crippen LogP contribution >= 0.6 is 0 Å². The molecule has 0 unspecified atom stereocenters. The number of nitrogens with zero attached hydrogens (tertiary/aromatic N) is 2. The number of carbonyl (C=O) groups is 2. The highest BCUT2D eigenvalue weighted by Crippen LogP contribution is 2.32. The normalized spacial score (nSPS) is 11.9. The lowest BCUT2D eigenvalue weighted by atomic mass is 10.1. The van der Waals surface area contributed by atoms with Gasteiger partial charge in [-0.1, -0.05) is 61.0 Å². The summed E-state index contributed by atoms with van der Waals surface area (Å²) in [5.74, 6) is -0.523. The number of rotatable bonds is 11. The Kier molecular flexibility index (Phi) is 9.52. The van der Waals surface area contributed by atoms with E-state index >= 15 is 0 Å². The van der Waals surface area contributed by atoms with Crippen molar-refractivity contribution in [3.8, 4) is 5.75 Å². The van der Waals surface area contributed by atoms with Gasteiger partial charge in [0, 0.05) is 13.6 Å². The Hall–Kier alpha value is -3.85. The van der Waals surface area contributed by atoms with Crippen LogP contribution in [-0.2, 0) is 26.2 Å². The number of para-hydroxylation sites is 2. The number of likely N-dealkylation sites (N-methyl/N-ethyl adjacent to an activating group) is 1. The molecule has 1 atom stereocenters. The Morgan fingerprint density at radius 1 is 0.947 bits per heavy atom. The first-order chi connectivity index (χ1) is 18.1. The van der Waals surface area contributed by atoms with Crippen LogP contribution in [0.4, 0.5) is 5.69 Å². The third-order valence-electron chi connectivity index (χ3n) is 6.48. The summed E-state index contributed by atoms with van der Waals surface area (Å²) < 4.78 is 34.4. The zero-order valence-corrected chi connectivity index (χ0v) is 23.3. The van der Waals surface area contributed by atoms with Crippen molar-refractivity contribution in [2.75, 3.05) is 25.0 Å².